The van der Waals surface area contributed by atoms with Crippen LogP contribution in [0.1, 0.15) is 25.3 Å². The highest BCUT2D eigenvalue weighted by Crippen LogP contribution is 2.33. The third-order valence-corrected chi connectivity index (χ3v) is 7.03. The van der Waals surface area contributed by atoms with Crippen LogP contribution in [-0.2, 0) is 14.3 Å². The van der Waals surface area contributed by atoms with Crippen LogP contribution in [0.25, 0.3) is 6.08 Å². The highest BCUT2D eigenvalue weighted by atomic mass is 19.2. The summed E-state index contributed by atoms with van der Waals surface area (Å²) in [6.45, 7) is 6.51. The van der Waals surface area contributed by atoms with E-state index in [0.717, 1.165) is 25.2 Å². The van der Waals surface area contributed by atoms with Crippen molar-refractivity contribution in [1.29, 1.82) is 0 Å². The number of rotatable bonds is 6. The molecule has 10 heteroatoms. The molecular weight excluding hydrogens is 446 g/mol. The molecule has 1 atom stereocenters. The Labute approximate surface area is 197 Å². The van der Waals surface area contributed by atoms with Crippen LogP contribution >= 0.6 is 0 Å². The van der Waals surface area contributed by atoms with Crippen LogP contribution in [0.2, 0.25) is 0 Å². The Morgan fingerprint density at radius 2 is 1.82 bits per heavy atom. The molecule has 3 aliphatic rings. The lowest BCUT2D eigenvalue weighted by atomic mass is 9.79. The molecule has 1 aromatic carbocycles. The number of likely N-dealkylation sites (tertiary alicyclic amines) is 1. The van der Waals surface area contributed by atoms with Gasteiger partial charge >= 0.3 is 6.03 Å². The Hall–Kier alpha value is -2.85. The third-order valence-electron chi connectivity index (χ3n) is 7.03. The number of benzene rings is 1. The summed E-state index contributed by atoms with van der Waals surface area (Å²) in [7, 11) is 0. The molecule has 0 aliphatic carbocycles. The van der Waals surface area contributed by atoms with E-state index in [1.165, 1.54) is 23.1 Å². The highest BCUT2D eigenvalue weighted by Gasteiger charge is 2.52. The smallest absolute Gasteiger partial charge is 0.325 e. The molecule has 1 unspecified atom stereocenters. The lowest BCUT2D eigenvalue weighted by Gasteiger charge is -2.38. The fourth-order valence-corrected chi connectivity index (χ4v) is 4.83. The van der Waals surface area contributed by atoms with Gasteiger partial charge < -0.3 is 15.0 Å². The van der Waals surface area contributed by atoms with Gasteiger partial charge in [0.05, 0.1) is 13.2 Å². The van der Waals surface area contributed by atoms with Gasteiger partial charge in [0.1, 0.15) is 5.54 Å². The van der Waals surface area contributed by atoms with E-state index in [2.05, 4.69) is 10.2 Å². The van der Waals surface area contributed by atoms with E-state index < -0.39 is 17.2 Å². The minimum atomic E-state index is -0.987. The molecule has 3 saturated heterocycles. The monoisotopic (exact) mass is 476 g/mol. The Kier molecular flexibility index (Phi) is 7.27. The second-order valence-electron chi connectivity index (χ2n) is 9.15. The molecule has 4 amide bonds. The number of hydrogen-bond donors (Lipinski definition) is 1. The van der Waals surface area contributed by atoms with Crippen molar-refractivity contribution in [3.8, 4) is 0 Å². The van der Waals surface area contributed by atoms with E-state index in [-0.39, 0.29) is 23.8 Å². The van der Waals surface area contributed by atoms with Gasteiger partial charge in [-0.1, -0.05) is 6.07 Å². The summed E-state index contributed by atoms with van der Waals surface area (Å²) < 4.78 is 31.7. The predicted molar refractivity (Wildman–Crippen MR) is 121 cm³/mol. The van der Waals surface area contributed by atoms with Gasteiger partial charge in [0.25, 0.3) is 5.91 Å². The average Bonchev–Trinajstić information content (AvgIpc) is 3.07. The van der Waals surface area contributed by atoms with Crippen LogP contribution in [0, 0.1) is 17.6 Å². The molecule has 3 fully saturated rings. The number of morpholine rings is 1. The maximum absolute atomic E-state index is 13.3. The van der Waals surface area contributed by atoms with Crippen LogP contribution in [0.5, 0.6) is 0 Å². The average molecular weight is 477 g/mol. The van der Waals surface area contributed by atoms with Crippen molar-refractivity contribution in [2.75, 3.05) is 52.5 Å². The molecule has 0 aromatic heterocycles. The first-order chi connectivity index (χ1) is 16.3. The molecule has 0 bridgehead atoms. The number of amides is 4. The maximum atomic E-state index is 13.3. The van der Waals surface area contributed by atoms with Crippen molar-refractivity contribution in [2.24, 2.45) is 5.92 Å². The Morgan fingerprint density at radius 1 is 1.12 bits per heavy atom. The van der Waals surface area contributed by atoms with Gasteiger partial charge in [-0.05, 0) is 49.5 Å². The van der Waals surface area contributed by atoms with Crippen molar-refractivity contribution in [2.45, 2.75) is 25.3 Å². The number of hydrogen-bond acceptors (Lipinski definition) is 5. The minimum Gasteiger partial charge on any atom is -0.379 e. The third kappa shape index (κ3) is 5.12. The van der Waals surface area contributed by atoms with Gasteiger partial charge in [0.15, 0.2) is 11.6 Å². The number of nitrogens with zero attached hydrogens (tertiary/aromatic N) is 3. The summed E-state index contributed by atoms with van der Waals surface area (Å²) in [6.07, 6.45) is 3.94. The summed E-state index contributed by atoms with van der Waals surface area (Å²) in [5.74, 6) is -2.44. The number of halogens is 2. The fourth-order valence-electron chi connectivity index (χ4n) is 4.83. The molecule has 4 rings (SSSR count). The summed E-state index contributed by atoms with van der Waals surface area (Å²) in [5, 5.41) is 2.90. The number of nitrogens with one attached hydrogen (secondary N) is 1. The van der Waals surface area contributed by atoms with Gasteiger partial charge in [-0.15, -0.1) is 0 Å². The van der Waals surface area contributed by atoms with E-state index in [9.17, 15) is 23.2 Å². The molecule has 0 radical (unpaired) electrons. The normalized spacial score (nSPS) is 24.8. The number of piperidine rings is 1. The molecule has 0 spiro atoms. The van der Waals surface area contributed by atoms with Crippen LogP contribution in [0.4, 0.5) is 13.6 Å². The van der Waals surface area contributed by atoms with Crippen molar-refractivity contribution >= 4 is 23.9 Å². The van der Waals surface area contributed by atoms with Gasteiger partial charge in [0.2, 0.25) is 5.91 Å². The van der Waals surface area contributed by atoms with Crippen molar-refractivity contribution < 1.29 is 27.9 Å². The second kappa shape index (κ2) is 10.2. The lowest BCUT2D eigenvalue weighted by molar-refractivity contribution is -0.134. The Balaban J connectivity index is 1.30. The van der Waals surface area contributed by atoms with Crippen molar-refractivity contribution in [3.05, 3.63) is 41.5 Å². The first kappa shape index (κ1) is 24.3. The number of imide groups is 1. The van der Waals surface area contributed by atoms with E-state index in [4.69, 9.17) is 4.74 Å². The van der Waals surface area contributed by atoms with E-state index in [1.807, 2.05) is 0 Å². The van der Waals surface area contributed by atoms with Crippen LogP contribution in [-0.4, -0.2) is 90.6 Å². The first-order valence-corrected chi connectivity index (χ1v) is 11.6. The van der Waals surface area contributed by atoms with Gasteiger partial charge in [0, 0.05) is 45.3 Å². The van der Waals surface area contributed by atoms with E-state index in [0.29, 0.717) is 57.8 Å². The maximum Gasteiger partial charge on any atom is 0.325 e. The molecule has 8 nitrogen and oxygen atoms in total. The molecular formula is C24H30F2N4O4. The zero-order valence-electron chi connectivity index (χ0n) is 19.3. The van der Waals surface area contributed by atoms with Gasteiger partial charge in [-0.25, -0.2) is 13.6 Å². The predicted octanol–water partition coefficient (Wildman–Crippen LogP) is 1.86. The Morgan fingerprint density at radius 3 is 2.50 bits per heavy atom. The van der Waals surface area contributed by atoms with Crippen molar-refractivity contribution in [3.63, 3.8) is 0 Å². The number of carbonyl (C=O) groups is 3. The molecule has 1 N–H and O–H groups in total. The topological polar surface area (TPSA) is 82.2 Å². The quantitative estimate of drug-likeness (QED) is 0.501. The first-order valence-electron chi connectivity index (χ1n) is 11.6. The van der Waals surface area contributed by atoms with Crippen LogP contribution in [0.15, 0.2) is 24.3 Å². The molecule has 34 heavy (non-hydrogen) atoms. The zero-order chi connectivity index (χ0) is 24.3. The molecule has 3 heterocycles. The van der Waals surface area contributed by atoms with E-state index >= 15 is 0 Å². The Bertz CT molecular complexity index is 974. The van der Waals surface area contributed by atoms with Crippen molar-refractivity contribution in [1.82, 2.24) is 20.0 Å². The summed E-state index contributed by atoms with van der Waals surface area (Å²) in [4.78, 5) is 43.5. The summed E-state index contributed by atoms with van der Waals surface area (Å²) in [5.41, 5.74) is -0.593. The number of ether oxygens (including phenoxy) is 1. The zero-order valence-corrected chi connectivity index (χ0v) is 19.3. The lowest BCUT2D eigenvalue weighted by Crippen LogP contribution is -2.54. The van der Waals surface area contributed by atoms with Gasteiger partial charge in [-0.3, -0.25) is 19.4 Å². The summed E-state index contributed by atoms with van der Waals surface area (Å²) in [6, 6.07) is 3.08. The highest BCUT2D eigenvalue weighted by molar-refractivity contribution is 6.07. The second-order valence-corrected chi connectivity index (χ2v) is 9.15. The molecule has 0 saturated carbocycles. The SMILES string of the molecule is CC1(C2CCN(C(=O)C=Cc3ccc(F)c(F)c3)CC2)NC(=O)N(CCN2CCOCC2)C1=O. The standard InChI is InChI=1S/C24H30F2N4O4/c1-24(22(32)30(23(33)27-24)11-10-28-12-14-34-15-13-28)18-6-8-29(9-7-18)21(31)5-3-17-2-4-19(25)20(26)16-17/h2-5,16,18H,6-15H2,1H3,(H,27,33). The largest absolute Gasteiger partial charge is 0.379 e. The summed E-state index contributed by atoms with van der Waals surface area (Å²) >= 11 is 0. The number of carbonyl (C=O) groups excluding carboxylic acids is 3. The van der Waals surface area contributed by atoms with Crippen LogP contribution in [0.3, 0.4) is 0 Å². The molecule has 3 aliphatic heterocycles. The molecule has 1 aromatic rings. The fraction of sp³-hybridized carbons (Fsp3) is 0.542. The van der Waals surface area contributed by atoms with Crippen LogP contribution < -0.4 is 5.32 Å². The van der Waals surface area contributed by atoms with E-state index in [1.54, 1.807) is 11.8 Å². The minimum absolute atomic E-state index is 0.0865. The van der Waals surface area contributed by atoms with Gasteiger partial charge in [-0.2, -0.15) is 0 Å². The molecule has 184 valence electrons. The number of urea groups is 1.